The standard InChI is InChI=1S/C26H28N4O2S/c27-17-21-24(28-12-14-29(15-13-28)26(32)23-11-6-16-33-23)20-9-4-5-10-22(20)30(25(21)31)18-19-7-2-1-3-8-19/h4-6,9-11,16,19H,1-3,7-8,12-15,18H2. The van der Waals surface area contributed by atoms with Gasteiger partial charge in [-0.1, -0.05) is 43.5 Å². The van der Waals surface area contributed by atoms with Gasteiger partial charge in [0.25, 0.3) is 11.5 Å². The van der Waals surface area contributed by atoms with Crippen LogP contribution in [-0.2, 0) is 6.54 Å². The Hall–Kier alpha value is -3.11. The number of piperazine rings is 1. The average Bonchev–Trinajstić information content (AvgIpc) is 3.41. The largest absolute Gasteiger partial charge is 0.366 e. The van der Waals surface area contributed by atoms with Crippen molar-refractivity contribution in [2.75, 3.05) is 31.1 Å². The zero-order chi connectivity index (χ0) is 22.8. The smallest absolute Gasteiger partial charge is 0.271 e. The molecule has 1 saturated carbocycles. The molecule has 0 radical (unpaired) electrons. The summed E-state index contributed by atoms with van der Waals surface area (Å²) >= 11 is 1.46. The van der Waals surface area contributed by atoms with Gasteiger partial charge < -0.3 is 14.4 Å². The Morgan fingerprint density at radius 1 is 1.03 bits per heavy atom. The summed E-state index contributed by atoms with van der Waals surface area (Å²) in [5, 5.41) is 12.9. The van der Waals surface area contributed by atoms with Crippen LogP contribution in [-0.4, -0.2) is 41.6 Å². The van der Waals surface area contributed by atoms with Gasteiger partial charge in [0.05, 0.1) is 16.1 Å². The fraction of sp³-hybridized carbons (Fsp3) is 0.423. The zero-order valence-corrected chi connectivity index (χ0v) is 19.5. The molecule has 1 aromatic carbocycles. The average molecular weight is 461 g/mol. The third-order valence-electron chi connectivity index (χ3n) is 7.04. The van der Waals surface area contributed by atoms with Crippen molar-refractivity contribution in [2.45, 2.75) is 38.6 Å². The van der Waals surface area contributed by atoms with Gasteiger partial charge in [-0.25, -0.2) is 0 Å². The normalized spacial score (nSPS) is 17.3. The first-order valence-electron chi connectivity index (χ1n) is 11.8. The number of nitriles is 1. The lowest BCUT2D eigenvalue weighted by molar-refractivity contribution is 0.0751. The van der Waals surface area contributed by atoms with Gasteiger partial charge in [-0.05, 0) is 36.3 Å². The van der Waals surface area contributed by atoms with E-state index >= 15 is 0 Å². The molecule has 0 bridgehead atoms. The van der Waals surface area contributed by atoms with Crippen LogP contribution in [0.1, 0.15) is 47.3 Å². The Bertz CT molecular complexity index is 1240. The molecule has 170 valence electrons. The van der Waals surface area contributed by atoms with E-state index in [2.05, 4.69) is 11.0 Å². The molecule has 1 saturated heterocycles. The number of anilines is 1. The van der Waals surface area contributed by atoms with E-state index in [9.17, 15) is 14.9 Å². The van der Waals surface area contributed by atoms with Crippen LogP contribution in [0.4, 0.5) is 5.69 Å². The molecule has 0 N–H and O–H groups in total. The number of rotatable bonds is 4. The number of nitrogens with zero attached hydrogens (tertiary/aromatic N) is 4. The van der Waals surface area contributed by atoms with Gasteiger partial charge >= 0.3 is 0 Å². The lowest BCUT2D eigenvalue weighted by Gasteiger charge is -2.37. The molecule has 5 rings (SSSR count). The number of para-hydroxylation sites is 1. The van der Waals surface area contributed by atoms with Crippen molar-refractivity contribution < 1.29 is 4.79 Å². The Labute approximate surface area is 197 Å². The number of carbonyl (C=O) groups excluding carboxylic acids is 1. The van der Waals surface area contributed by atoms with Crippen LogP contribution < -0.4 is 10.5 Å². The van der Waals surface area contributed by atoms with Gasteiger partial charge in [0.2, 0.25) is 0 Å². The zero-order valence-electron chi connectivity index (χ0n) is 18.7. The SMILES string of the molecule is N#Cc1c(N2CCN(C(=O)c3cccs3)CC2)c2ccccc2n(CC2CCCCC2)c1=O. The maximum Gasteiger partial charge on any atom is 0.271 e. The molecule has 0 atom stereocenters. The topological polar surface area (TPSA) is 69.3 Å². The minimum absolute atomic E-state index is 0.0536. The quantitative estimate of drug-likeness (QED) is 0.576. The second-order valence-corrected chi connectivity index (χ2v) is 9.98. The fourth-order valence-electron chi connectivity index (χ4n) is 5.32. The van der Waals surface area contributed by atoms with Crippen LogP contribution in [0.3, 0.4) is 0 Å². The minimum atomic E-state index is -0.186. The molecule has 33 heavy (non-hydrogen) atoms. The number of fused-ring (bicyclic) bond motifs is 1. The number of hydrogen-bond donors (Lipinski definition) is 0. The van der Waals surface area contributed by atoms with Crippen molar-refractivity contribution >= 4 is 33.8 Å². The fourth-order valence-corrected chi connectivity index (χ4v) is 6.01. The van der Waals surface area contributed by atoms with E-state index in [1.807, 2.05) is 51.2 Å². The number of thiophene rings is 1. The molecule has 3 heterocycles. The van der Waals surface area contributed by atoms with E-state index in [1.54, 1.807) is 0 Å². The Morgan fingerprint density at radius 2 is 1.79 bits per heavy atom. The Balaban J connectivity index is 1.48. The van der Waals surface area contributed by atoms with Crippen LogP contribution in [0.2, 0.25) is 0 Å². The van der Waals surface area contributed by atoms with Gasteiger partial charge in [-0.3, -0.25) is 9.59 Å². The van der Waals surface area contributed by atoms with Gasteiger partial charge in [-0.2, -0.15) is 5.26 Å². The third-order valence-corrected chi connectivity index (χ3v) is 7.90. The van der Waals surface area contributed by atoms with Crippen molar-refractivity contribution in [3.05, 3.63) is 62.6 Å². The molecule has 7 heteroatoms. The molecular weight excluding hydrogens is 432 g/mol. The Morgan fingerprint density at radius 3 is 2.48 bits per heavy atom. The summed E-state index contributed by atoms with van der Waals surface area (Å²) in [5.41, 5.74) is 1.66. The van der Waals surface area contributed by atoms with E-state index in [1.165, 1.54) is 30.6 Å². The van der Waals surface area contributed by atoms with E-state index in [0.29, 0.717) is 38.6 Å². The molecule has 6 nitrogen and oxygen atoms in total. The molecule has 0 unspecified atom stereocenters. The maximum atomic E-state index is 13.5. The van der Waals surface area contributed by atoms with E-state index < -0.39 is 0 Å². The van der Waals surface area contributed by atoms with Crippen molar-refractivity contribution in [1.82, 2.24) is 9.47 Å². The first kappa shape index (κ1) is 21.7. The summed E-state index contributed by atoms with van der Waals surface area (Å²) in [6, 6.07) is 13.9. The summed E-state index contributed by atoms with van der Waals surface area (Å²) in [6.07, 6.45) is 5.99. The number of carbonyl (C=O) groups is 1. The first-order chi connectivity index (χ1) is 16.2. The number of hydrogen-bond acceptors (Lipinski definition) is 5. The van der Waals surface area contributed by atoms with Gasteiger partial charge in [-0.15, -0.1) is 11.3 Å². The summed E-state index contributed by atoms with van der Waals surface area (Å²) in [4.78, 5) is 31.0. The van der Waals surface area contributed by atoms with Crippen molar-refractivity contribution in [3.63, 3.8) is 0 Å². The molecule has 2 aromatic heterocycles. The second-order valence-electron chi connectivity index (χ2n) is 9.03. The highest BCUT2D eigenvalue weighted by atomic mass is 32.1. The van der Waals surface area contributed by atoms with E-state index in [4.69, 9.17) is 0 Å². The van der Waals surface area contributed by atoms with E-state index in [0.717, 1.165) is 34.3 Å². The monoisotopic (exact) mass is 460 g/mol. The van der Waals surface area contributed by atoms with Crippen LogP contribution in [0, 0.1) is 17.2 Å². The second kappa shape index (κ2) is 9.40. The molecule has 2 fully saturated rings. The van der Waals surface area contributed by atoms with Crippen molar-refractivity contribution in [1.29, 1.82) is 5.26 Å². The summed E-state index contributed by atoms with van der Waals surface area (Å²) in [6.45, 7) is 3.02. The molecule has 1 amide bonds. The van der Waals surface area contributed by atoms with Crippen molar-refractivity contribution in [2.24, 2.45) is 5.92 Å². The predicted octanol–water partition coefficient (Wildman–Crippen LogP) is 4.48. The molecule has 1 aliphatic heterocycles. The highest BCUT2D eigenvalue weighted by Gasteiger charge is 2.28. The molecule has 3 aromatic rings. The van der Waals surface area contributed by atoms with Gasteiger partial charge in [0, 0.05) is 38.1 Å². The van der Waals surface area contributed by atoms with Crippen molar-refractivity contribution in [3.8, 4) is 6.07 Å². The summed E-state index contributed by atoms with van der Waals surface area (Å²) in [5.74, 6) is 0.543. The van der Waals surface area contributed by atoms with Crippen LogP contribution in [0.25, 0.3) is 10.9 Å². The molecule has 1 aliphatic carbocycles. The lowest BCUT2D eigenvalue weighted by atomic mass is 9.89. The number of aromatic nitrogens is 1. The third kappa shape index (κ3) is 4.16. The molecule has 0 spiro atoms. The minimum Gasteiger partial charge on any atom is -0.366 e. The maximum absolute atomic E-state index is 13.5. The van der Waals surface area contributed by atoms with Crippen LogP contribution >= 0.6 is 11.3 Å². The Kier molecular flexibility index (Phi) is 6.19. The number of pyridine rings is 1. The lowest BCUT2D eigenvalue weighted by Crippen LogP contribution is -2.49. The first-order valence-corrected chi connectivity index (χ1v) is 12.7. The van der Waals surface area contributed by atoms with Gasteiger partial charge in [0.15, 0.2) is 0 Å². The summed E-state index contributed by atoms with van der Waals surface area (Å²) < 4.78 is 1.84. The van der Waals surface area contributed by atoms with Crippen LogP contribution in [0.15, 0.2) is 46.6 Å². The molecule has 2 aliphatic rings. The number of amides is 1. The van der Waals surface area contributed by atoms with E-state index in [-0.39, 0.29) is 17.0 Å². The molecular formula is C26H28N4O2S. The highest BCUT2D eigenvalue weighted by molar-refractivity contribution is 7.12. The summed E-state index contributed by atoms with van der Waals surface area (Å²) in [7, 11) is 0. The van der Waals surface area contributed by atoms with Gasteiger partial charge in [0.1, 0.15) is 11.6 Å². The number of benzene rings is 1. The predicted molar refractivity (Wildman–Crippen MR) is 132 cm³/mol. The van der Waals surface area contributed by atoms with Crippen LogP contribution in [0.5, 0.6) is 0 Å². The highest BCUT2D eigenvalue weighted by Crippen LogP contribution is 2.32.